The zero-order chi connectivity index (χ0) is 14.1. The fourth-order valence-electron chi connectivity index (χ4n) is 1.81. The van der Waals surface area contributed by atoms with E-state index >= 15 is 0 Å². The van der Waals surface area contributed by atoms with Gasteiger partial charge in [-0.15, -0.1) is 11.3 Å². The minimum Gasteiger partial charge on any atom is -0.281 e. The summed E-state index contributed by atoms with van der Waals surface area (Å²) in [6.45, 7) is 1.82. The molecule has 1 amide bonds. The molecule has 1 aliphatic rings. The number of amides is 1. The van der Waals surface area contributed by atoms with Gasteiger partial charge in [0.1, 0.15) is 0 Å². The Morgan fingerprint density at radius 2 is 2.35 bits per heavy atom. The van der Waals surface area contributed by atoms with Crippen molar-refractivity contribution in [3.8, 4) is 0 Å². The van der Waals surface area contributed by atoms with Gasteiger partial charge in [0.15, 0.2) is 5.69 Å². The maximum Gasteiger partial charge on any atom is 0.291 e. The van der Waals surface area contributed by atoms with Gasteiger partial charge in [-0.3, -0.25) is 9.89 Å². The summed E-state index contributed by atoms with van der Waals surface area (Å²) < 4.78 is 0.697. The van der Waals surface area contributed by atoms with Crippen molar-refractivity contribution in [1.82, 2.24) is 15.6 Å². The maximum absolute atomic E-state index is 11.9. The zero-order valence-corrected chi connectivity index (χ0v) is 12.4. The highest BCUT2D eigenvalue weighted by atomic mass is 35.5. The zero-order valence-electron chi connectivity index (χ0n) is 10.8. The Balaban J connectivity index is 1.65. The molecule has 0 bridgehead atoms. The first-order chi connectivity index (χ1) is 9.63. The summed E-state index contributed by atoms with van der Waals surface area (Å²) in [5.41, 5.74) is 4.62. The van der Waals surface area contributed by atoms with Crippen molar-refractivity contribution < 1.29 is 4.79 Å². The number of carbonyl (C=O) groups is 1. The molecule has 5 nitrogen and oxygen atoms in total. The Bertz CT molecular complexity index is 671. The predicted octanol–water partition coefficient (Wildman–Crippen LogP) is 3.16. The van der Waals surface area contributed by atoms with E-state index in [0.29, 0.717) is 21.7 Å². The molecular weight excluding hydrogens is 296 g/mol. The Morgan fingerprint density at radius 1 is 1.55 bits per heavy atom. The third-order valence-electron chi connectivity index (χ3n) is 3.10. The lowest BCUT2D eigenvalue weighted by Crippen LogP contribution is -2.19. The third kappa shape index (κ3) is 2.91. The molecule has 20 heavy (non-hydrogen) atoms. The van der Waals surface area contributed by atoms with Crippen LogP contribution in [0.25, 0.3) is 0 Å². The highest BCUT2D eigenvalue weighted by Gasteiger charge is 2.26. The highest BCUT2D eigenvalue weighted by molar-refractivity contribution is 7.18. The number of nitrogens with zero attached hydrogens (tertiary/aromatic N) is 2. The first-order valence-electron chi connectivity index (χ1n) is 6.29. The monoisotopic (exact) mass is 308 g/mol. The number of hydrogen-bond donors (Lipinski definition) is 2. The first-order valence-corrected chi connectivity index (χ1v) is 7.48. The van der Waals surface area contributed by atoms with Crippen molar-refractivity contribution in [3.63, 3.8) is 0 Å². The van der Waals surface area contributed by atoms with E-state index in [0.717, 1.165) is 10.6 Å². The van der Waals surface area contributed by atoms with E-state index in [2.05, 4.69) is 20.7 Å². The average molecular weight is 309 g/mol. The molecule has 2 aromatic rings. The molecule has 104 valence electrons. The van der Waals surface area contributed by atoms with Crippen molar-refractivity contribution in [2.45, 2.75) is 25.7 Å². The van der Waals surface area contributed by atoms with E-state index in [9.17, 15) is 4.79 Å². The van der Waals surface area contributed by atoms with Crippen LogP contribution in [0.2, 0.25) is 4.34 Å². The normalized spacial score (nSPS) is 15.4. The van der Waals surface area contributed by atoms with E-state index in [-0.39, 0.29) is 5.91 Å². The van der Waals surface area contributed by atoms with Gasteiger partial charge in [-0.2, -0.15) is 10.2 Å². The minimum absolute atomic E-state index is 0.310. The lowest BCUT2D eigenvalue weighted by molar-refractivity contribution is 0.0950. The average Bonchev–Trinajstić information content (AvgIpc) is 3.00. The fraction of sp³-hybridized carbons (Fsp3) is 0.308. The van der Waals surface area contributed by atoms with Gasteiger partial charge in [0.2, 0.25) is 0 Å². The molecule has 1 saturated carbocycles. The lowest BCUT2D eigenvalue weighted by atomic mass is 10.2. The molecule has 0 radical (unpaired) electrons. The molecule has 0 atom stereocenters. The van der Waals surface area contributed by atoms with Crippen LogP contribution in [0.4, 0.5) is 0 Å². The molecule has 2 aromatic heterocycles. The molecule has 2 heterocycles. The minimum atomic E-state index is -0.310. The molecule has 0 aliphatic heterocycles. The van der Waals surface area contributed by atoms with Crippen LogP contribution < -0.4 is 5.43 Å². The topological polar surface area (TPSA) is 70.1 Å². The van der Waals surface area contributed by atoms with Gasteiger partial charge < -0.3 is 0 Å². The molecule has 0 saturated heterocycles. The van der Waals surface area contributed by atoms with Gasteiger partial charge in [0.25, 0.3) is 5.91 Å². The van der Waals surface area contributed by atoms with E-state index in [1.54, 1.807) is 12.1 Å². The second-order valence-electron chi connectivity index (χ2n) is 4.72. The summed E-state index contributed by atoms with van der Waals surface area (Å²) in [4.78, 5) is 12.8. The number of aromatic amines is 1. The number of halogens is 1. The number of carbonyl (C=O) groups excluding carboxylic acids is 1. The van der Waals surface area contributed by atoms with Gasteiger partial charge in [-0.05, 0) is 38.0 Å². The SMILES string of the molecule is CC(=NNC(=O)c1cc(C2CC2)[nH]n1)c1ccc(Cl)s1. The molecule has 1 fully saturated rings. The molecule has 7 heteroatoms. The number of nitrogens with one attached hydrogen (secondary N) is 2. The van der Waals surface area contributed by atoms with E-state index in [4.69, 9.17) is 11.6 Å². The number of thiophene rings is 1. The second kappa shape index (κ2) is 5.38. The third-order valence-corrected chi connectivity index (χ3v) is 4.44. The quantitative estimate of drug-likeness (QED) is 0.673. The number of hydrogen-bond acceptors (Lipinski definition) is 4. The van der Waals surface area contributed by atoms with Crippen molar-refractivity contribution in [2.24, 2.45) is 5.10 Å². The molecule has 0 spiro atoms. The van der Waals surface area contributed by atoms with Crippen LogP contribution in [0.5, 0.6) is 0 Å². The Morgan fingerprint density at radius 3 is 3.00 bits per heavy atom. The van der Waals surface area contributed by atoms with Crippen molar-refractivity contribution in [1.29, 1.82) is 0 Å². The summed E-state index contributed by atoms with van der Waals surface area (Å²) in [5, 5.41) is 11.0. The van der Waals surface area contributed by atoms with E-state index < -0.39 is 0 Å². The number of H-pyrrole nitrogens is 1. The second-order valence-corrected chi connectivity index (χ2v) is 6.44. The highest BCUT2D eigenvalue weighted by Crippen LogP contribution is 2.38. The Hall–Kier alpha value is -1.66. The summed E-state index contributed by atoms with van der Waals surface area (Å²) in [5.74, 6) is 0.234. The maximum atomic E-state index is 11.9. The number of rotatable bonds is 4. The predicted molar refractivity (Wildman–Crippen MR) is 79.6 cm³/mol. The van der Waals surface area contributed by atoms with Gasteiger partial charge >= 0.3 is 0 Å². The molecule has 0 aromatic carbocycles. The van der Waals surface area contributed by atoms with Crippen molar-refractivity contribution >= 4 is 34.6 Å². The van der Waals surface area contributed by atoms with Crippen LogP contribution in [0, 0.1) is 0 Å². The van der Waals surface area contributed by atoms with Gasteiger partial charge in [-0.25, -0.2) is 5.43 Å². The molecular formula is C13H13ClN4OS. The van der Waals surface area contributed by atoms with Crippen LogP contribution in [0.3, 0.4) is 0 Å². The fourth-order valence-corrected chi connectivity index (χ4v) is 2.80. The van der Waals surface area contributed by atoms with Crippen LogP contribution >= 0.6 is 22.9 Å². The molecule has 3 rings (SSSR count). The molecule has 0 unspecified atom stereocenters. The molecule has 1 aliphatic carbocycles. The van der Waals surface area contributed by atoms with Crippen LogP contribution in [-0.4, -0.2) is 21.8 Å². The van der Waals surface area contributed by atoms with E-state index in [1.807, 2.05) is 13.0 Å². The van der Waals surface area contributed by atoms with Crippen molar-refractivity contribution in [3.05, 3.63) is 38.8 Å². The number of aromatic nitrogens is 2. The number of hydrazone groups is 1. The van der Waals surface area contributed by atoms with Gasteiger partial charge in [0, 0.05) is 11.6 Å². The summed E-state index contributed by atoms with van der Waals surface area (Å²) in [6.07, 6.45) is 2.33. The van der Waals surface area contributed by atoms with Crippen LogP contribution in [-0.2, 0) is 0 Å². The smallest absolute Gasteiger partial charge is 0.281 e. The van der Waals surface area contributed by atoms with Gasteiger partial charge in [-0.1, -0.05) is 11.6 Å². The van der Waals surface area contributed by atoms with Crippen LogP contribution in [0.1, 0.15) is 46.7 Å². The van der Waals surface area contributed by atoms with E-state index in [1.165, 1.54) is 24.2 Å². The van der Waals surface area contributed by atoms with Crippen molar-refractivity contribution in [2.75, 3.05) is 0 Å². The first kappa shape index (κ1) is 13.3. The summed E-state index contributed by atoms with van der Waals surface area (Å²) in [6, 6.07) is 5.47. The summed E-state index contributed by atoms with van der Waals surface area (Å²) >= 11 is 7.28. The largest absolute Gasteiger partial charge is 0.291 e. The van der Waals surface area contributed by atoms with Crippen LogP contribution in [0.15, 0.2) is 23.3 Å². The van der Waals surface area contributed by atoms with Gasteiger partial charge in [0.05, 0.1) is 14.9 Å². The molecule has 2 N–H and O–H groups in total. The standard InChI is InChI=1S/C13H13ClN4OS/c1-7(11-4-5-12(14)20-11)15-18-13(19)10-6-9(16-17-10)8-2-3-8/h4-6,8H,2-3H2,1H3,(H,16,17)(H,18,19). The summed E-state index contributed by atoms with van der Waals surface area (Å²) in [7, 11) is 0. The Kier molecular flexibility index (Phi) is 3.58. The Labute approximate surface area is 125 Å². The lowest BCUT2D eigenvalue weighted by Gasteiger charge is -1.98.